The highest BCUT2D eigenvalue weighted by Gasteiger charge is 2.22. The lowest BCUT2D eigenvalue weighted by molar-refractivity contribution is 0.203. The van der Waals surface area contributed by atoms with Crippen molar-refractivity contribution in [2.45, 2.75) is 32.2 Å². The number of hydrogen-bond donors (Lipinski definition) is 1. The summed E-state index contributed by atoms with van der Waals surface area (Å²) in [5.41, 5.74) is 2.47. The maximum absolute atomic E-state index is 4.78. The Morgan fingerprint density at radius 1 is 1.12 bits per heavy atom. The molecule has 3 aromatic rings. The van der Waals surface area contributed by atoms with Gasteiger partial charge in [-0.3, -0.25) is 9.88 Å². The minimum atomic E-state index is 0.481. The zero-order valence-electron chi connectivity index (χ0n) is 14.9. The third kappa shape index (κ3) is 4.26. The highest BCUT2D eigenvalue weighted by Crippen LogP contribution is 2.28. The van der Waals surface area contributed by atoms with Gasteiger partial charge >= 0.3 is 0 Å². The molecule has 26 heavy (non-hydrogen) atoms. The number of aromatic nitrogens is 3. The molecule has 0 radical (unpaired) electrons. The maximum Gasteiger partial charge on any atom is 0.188 e. The van der Waals surface area contributed by atoms with Crippen LogP contribution in [0.1, 0.15) is 34.9 Å². The van der Waals surface area contributed by atoms with Gasteiger partial charge in [0.2, 0.25) is 0 Å². The molecule has 0 aliphatic carbocycles. The molecular formula is C20H23N5S. The molecule has 0 saturated carbocycles. The second-order valence-electron chi connectivity index (χ2n) is 6.77. The first-order valence-electron chi connectivity index (χ1n) is 9.04. The van der Waals surface area contributed by atoms with Gasteiger partial charge in [-0.1, -0.05) is 30.3 Å². The fraction of sp³-hybridized carbons (Fsp3) is 0.350. The van der Waals surface area contributed by atoms with Crippen molar-refractivity contribution in [1.82, 2.24) is 19.9 Å². The van der Waals surface area contributed by atoms with Crippen LogP contribution in [0.15, 0.2) is 48.9 Å². The number of likely N-dealkylation sites (tertiary alicyclic amines) is 1. The Morgan fingerprint density at radius 3 is 2.65 bits per heavy atom. The van der Waals surface area contributed by atoms with E-state index in [9.17, 15) is 0 Å². The largest absolute Gasteiger partial charge is 0.315 e. The van der Waals surface area contributed by atoms with Gasteiger partial charge in [0.05, 0.1) is 11.9 Å². The van der Waals surface area contributed by atoms with E-state index in [0.717, 1.165) is 49.1 Å². The molecule has 1 fully saturated rings. The van der Waals surface area contributed by atoms with E-state index in [1.807, 2.05) is 19.3 Å². The van der Waals surface area contributed by atoms with E-state index in [2.05, 4.69) is 50.5 Å². The van der Waals surface area contributed by atoms with Crippen molar-refractivity contribution in [2.75, 3.05) is 18.4 Å². The number of nitrogens with zero attached hydrogens (tertiary/aromatic N) is 4. The number of aryl methyl sites for hydroxylation is 1. The van der Waals surface area contributed by atoms with Crippen molar-refractivity contribution in [3.8, 4) is 0 Å². The van der Waals surface area contributed by atoms with Crippen LogP contribution >= 0.6 is 11.3 Å². The minimum absolute atomic E-state index is 0.481. The van der Waals surface area contributed by atoms with Gasteiger partial charge in [-0.15, -0.1) is 11.3 Å². The average Bonchev–Trinajstić information content (AvgIpc) is 3.08. The number of benzene rings is 1. The molecule has 4 rings (SSSR count). The number of nitrogens with one attached hydrogen (secondary N) is 1. The Kier molecular flexibility index (Phi) is 5.22. The van der Waals surface area contributed by atoms with E-state index >= 15 is 0 Å². The van der Waals surface area contributed by atoms with E-state index in [0.29, 0.717) is 5.92 Å². The molecule has 0 atom stereocenters. The summed E-state index contributed by atoms with van der Waals surface area (Å²) in [6.45, 7) is 5.29. The lowest BCUT2D eigenvalue weighted by Crippen LogP contribution is -2.32. The van der Waals surface area contributed by atoms with Crippen molar-refractivity contribution in [1.29, 1.82) is 0 Å². The van der Waals surface area contributed by atoms with Gasteiger partial charge in [-0.25, -0.2) is 9.97 Å². The Labute approximate surface area is 158 Å². The maximum atomic E-state index is 4.78. The van der Waals surface area contributed by atoms with Gasteiger partial charge in [-0.2, -0.15) is 0 Å². The van der Waals surface area contributed by atoms with Crippen molar-refractivity contribution < 1.29 is 0 Å². The zero-order chi connectivity index (χ0) is 17.8. The van der Waals surface area contributed by atoms with Gasteiger partial charge in [-0.05, 0) is 38.4 Å². The van der Waals surface area contributed by atoms with Crippen molar-refractivity contribution >= 4 is 22.3 Å². The molecule has 1 saturated heterocycles. The summed E-state index contributed by atoms with van der Waals surface area (Å²) < 4.78 is 0. The van der Waals surface area contributed by atoms with Gasteiger partial charge in [0.15, 0.2) is 10.9 Å². The lowest BCUT2D eigenvalue weighted by Gasteiger charge is -2.31. The standard InChI is InChI=1S/C20H23N5S/c1-15-11-22-20(26-15)24-19-13-21-12-18(23-19)17-7-9-25(10-8-17)14-16-5-3-2-4-6-16/h2-6,11-13,17H,7-10,14H2,1H3,(H,22,23,24). The first-order chi connectivity index (χ1) is 12.8. The van der Waals surface area contributed by atoms with Crippen molar-refractivity contribution in [3.05, 3.63) is 65.1 Å². The third-order valence-corrected chi connectivity index (χ3v) is 5.59. The Hall–Kier alpha value is -2.31. The van der Waals surface area contributed by atoms with Crippen LogP contribution in [0.5, 0.6) is 0 Å². The molecule has 134 valence electrons. The van der Waals surface area contributed by atoms with Crippen LogP contribution in [0.25, 0.3) is 0 Å². The molecule has 1 N–H and O–H groups in total. The molecule has 5 nitrogen and oxygen atoms in total. The van der Waals surface area contributed by atoms with Crippen LogP contribution in [-0.2, 0) is 6.54 Å². The smallest absolute Gasteiger partial charge is 0.188 e. The van der Waals surface area contributed by atoms with E-state index in [1.165, 1.54) is 10.4 Å². The lowest BCUT2D eigenvalue weighted by atomic mass is 9.93. The molecule has 6 heteroatoms. The predicted molar refractivity (Wildman–Crippen MR) is 106 cm³/mol. The van der Waals surface area contributed by atoms with Crippen LogP contribution in [0.4, 0.5) is 10.9 Å². The Balaban J connectivity index is 1.36. The summed E-state index contributed by atoms with van der Waals surface area (Å²) in [6, 6.07) is 10.7. The van der Waals surface area contributed by atoms with Crippen molar-refractivity contribution in [3.63, 3.8) is 0 Å². The number of anilines is 2. The average molecular weight is 366 g/mol. The predicted octanol–water partition coefficient (Wildman–Crippen LogP) is 4.36. The summed E-state index contributed by atoms with van der Waals surface area (Å²) in [7, 11) is 0. The Morgan fingerprint density at radius 2 is 1.92 bits per heavy atom. The zero-order valence-corrected chi connectivity index (χ0v) is 15.7. The molecular weight excluding hydrogens is 342 g/mol. The summed E-state index contributed by atoms with van der Waals surface area (Å²) in [5.74, 6) is 1.26. The first kappa shape index (κ1) is 17.1. The summed E-state index contributed by atoms with van der Waals surface area (Å²) in [4.78, 5) is 17.2. The second-order valence-corrected chi connectivity index (χ2v) is 8.00. The first-order valence-corrected chi connectivity index (χ1v) is 9.85. The third-order valence-electron chi connectivity index (χ3n) is 4.76. The number of thiazole rings is 1. The summed E-state index contributed by atoms with van der Waals surface area (Å²) >= 11 is 1.63. The van der Waals surface area contributed by atoms with Crippen LogP contribution < -0.4 is 5.32 Å². The summed E-state index contributed by atoms with van der Waals surface area (Å²) in [5, 5.41) is 4.14. The van der Waals surface area contributed by atoms with Crippen LogP contribution in [0, 0.1) is 6.92 Å². The van der Waals surface area contributed by atoms with Gasteiger partial charge in [0.25, 0.3) is 0 Å². The number of piperidine rings is 1. The van der Waals surface area contributed by atoms with Gasteiger partial charge in [0, 0.05) is 29.7 Å². The number of hydrogen-bond acceptors (Lipinski definition) is 6. The molecule has 0 bridgehead atoms. The fourth-order valence-corrected chi connectivity index (χ4v) is 4.06. The molecule has 0 unspecified atom stereocenters. The highest BCUT2D eigenvalue weighted by atomic mass is 32.1. The highest BCUT2D eigenvalue weighted by molar-refractivity contribution is 7.15. The normalized spacial score (nSPS) is 15.9. The molecule has 3 heterocycles. The van der Waals surface area contributed by atoms with Crippen molar-refractivity contribution in [2.24, 2.45) is 0 Å². The minimum Gasteiger partial charge on any atom is -0.315 e. The quantitative estimate of drug-likeness (QED) is 0.728. The summed E-state index contributed by atoms with van der Waals surface area (Å²) in [6.07, 6.45) is 7.80. The van der Waals surface area contributed by atoms with Crippen LogP contribution in [0.2, 0.25) is 0 Å². The Bertz CT molecular complexity index is 840. The SMILES string of the molecule is Cc1cnc(Nc2cncc(C3CCN(Cc4ccccc4)CC3)n2)s1. The molecule has 0 spiro atoms. The molecule has 1 aliphatic rings. The molecule has 1 aromatic carbocycles. The molecule has 0 amide bonds. The van der Waals surface area contributed by atoms with Crippen LogP contribution in [0.3, 0.4) is 0 Å². The fourth-order valence-electron chi connectivity index (χ4n) is 3.39. The van der Waals surface area contributed by atoms with E-state index in [-0.39, 0.29) is 0 Å². The topological polar surface area (TPSA) is 53.9 Å². The van der Waals surface area contributed by atoms with Gasteiger partial charge in [0.1, 0.15) is 0 Å². The monoisotopic (exact) mass is 365 g/mol. The molecule has 1 aliphatic heterocycles. The van der Waals surface area contributed by atoms with E-state index in [4.69, 9.17) is 4.98 Å². The second kappa shape index (κ2) is 7.93. The van der Waals surface area contributed by atoms with Crippen LogP contribution in [-0.4, -0.2) is 32.9 Å². The van der Waals surface area contributed by atoms with E-state index < -0.39 is 0 Å². The molecule has 2 aromatic heterocycles. The van der Waals surface area contributed by atoms with Gasteiger partial charge < -0.3 is 5.32 Å². The van der Waals surface area contributed by atoms with E-state index in [1.54, 1.807) is 17.5 Å². The number of rotatable bonds is 5.